The van der Waals surface area contributed by atoms with Gasteiger partial charge in [-0.25, -0.2) is 0 Å². The quantitative estimate of drug-likeness (QED) is 0.338. The van der Waals surface area contributed by atoms with Gasteiger partial charge in [0.2, 0.25) is 5.91 Å². The third kappa shape index (κ3) is 3.86. The number of alkyl halides is 3. The molecule has 5 nitrogen and oxygen atoms in total. The average Bonchev–Trinajstić information content (AvgIpc) is 2.38. The zero-order valence-corrected chi connectivity index (χ0v) is 11.8. The van der Waals surface area contributed by atoms with E-state index in [0.29, 0.717) is 0 Å². The van der Waals surface area contributed by atoms with Crippen LogP contribution in [0.15, 0.2) is 27.8 Å². The molecule has 0 fully saturated rings. The third-order valence-electron chi connectivity index (χ3n) is 2.50. The number of nitrogens with zero attached hydrogens (tertiary/aromatic N) is 1. The molecule has 9 heteroatoms. The van der Waals surface area contributed by atoms with E-state index in [2.05, 4.69) is 26.4 Å². The van der Waals surface area contributed by atoms with Crippen molar-refractivity contribution in [1.29, 1.82) is 0 Å². The predicted molar refractivity (Wildman–Crippen MR) is 70.3 cm³/mol. The van der Waals surface area contributed by atoms with Crippen LogP contribution in [-0.2, 0) is 11.0 Å². The minimum absolute atomic E-state index is 0.0533. The van der Waals surface area contributed by atoms with Crippen molar-refractivity contribution in [2.24, 2.45) is 16.8 Å². The number of benzene rings is 1. The molecule has 110 valence electrons. The largest absolute Gasteiger partial charge is 0.416 e. The summed E-state index contributed by atoms with van der Waals surface area (Å²) in [5, 5.41) is 13.4. The van der Waals surface area contributed by atoms with Crippen LogP contribution in [0, 0.1) is 5.92 Å². The first-order valence-electron chi connectivity index (χ1n) is 5.32. The van der Waals surface area contributed by atoms with E-state index in [4.69, 9.17) is 10.9 Å². The second-order valence-corrected chi connectivity index (χ2v) is 4.78. The van der Waals surface area contributed by atoms with Gasteiger partial charge >= 0.3 is 6.18 Å². The molecular weight excluding hydrogens is 343 g/mol. The first kappa shape index (κ1) is 16.3. The van der Waals surface area contributed by atoms with E-state index in [1.165, 1.54) is 13.0 Å². The van der Waals surface area contributed by atoms with Crippen LogP contribution in [0.25, 0.3) is 0 Å². The third-order valence-corrected chi connectivity index (χ3v) is 3.20. The predicted octanol–water partition coefficient (Wildman–Crippen LogP) is 2.79. The standard InChI is InChI=1S/C11H11BrF3N3O2/c1-5(9(16)18-20)10(19)17-8-4-6(11(13,14)15)2-3-7(8)12/h2-5,20H,1H3,(H2,16,18)(H,17,19). The van der Waals surface area contributed by atoms with Crippen LogP contribution in [0.1, 0.15) is 12.5 Å². The van der Waals surface area contributed by atoms with E-state index >= 15 is 0 Å². The molecule has 20 heavy (non-hydrogen) atoms. The summed E-state index contributed by atoms with van der Waals surface area (Å²) in [6.07, 6.45) is -4.52. The number of rotatable bonds is 3. The number of nitrogens with two attached hydrogens (primary N) is 1. The van der Waals surface area contributed by atoms with E-state index in [9.17, 15) is 18.0 Å². The van der Waals surface area contributed by atoms with Gasteiger partial charge in [-0.2, -0.15) is 13.2 Å². The number of nitrogens with one attached hydrogen (secondary N) is 1. The normalized spacial score (nSPS) is 13.9. The van der Waals surface area contributed by atoms with E-state index < -0.39 is 23.6 Å². The van der Waals surface area contributed by atoms with Gasteiger partial charge in [-0.3, -0.25) is 4.79 Å². The lowest BCUT2D eigenvalue weighted by Crippen LogP contribution is -2.32. The smallest absolute Gasteiger partial charge is 0.409 e. The lowest BCUT2D eigenvalue weighted by atomic mass is 10.1. The summed E-state index contributed by atoms with van der Waals surface area (Å²) in [7, 11) is 0. The first-order chi connectivity index (χ1) is 9.16. The molecule has 0 saturated carbocycles. The number of anilines is 1. The van der Waals surface area contributed by atoms with Crippen molar-refractivity contribution < 1.29 is 23.2 Å². The van der Waals surface area contributed by atoms with Crippen LogP contribution in [0.5, 0.6) is 0 Å². The van der Waals surface area contributed by atoms with Crippen molar-refractivity contribution in [2.75, 3.05) is 5.32 Å². The highest BCUT2D eigenvalue weighted by Gasteiger charge is 2.31. The summed E-state index contributed by atoms with van der Waals surface area (Å²) in [6.45, 7) is 1.35. The van der Waals surface area contributed by atoms with Crippen LogP contribution >= 0.6 is 15.9 Å². The fourth-order valence-corrected chi connectivity index (χ4v) is 1.61. The molecule has 1 aromatic carbocycles. The van der Waals surface area contributed by atoms with Crippen LogP contribution in [-0.4, -0.2) is 17.0 Å². The number of hydrogen-bond acceptors (Lipinski definition) is 3. The Labute approximate surface area is 120 Å². The van der Waals surface area contributed by atoms with Gasteiger partial charge in [0.05, 0.1) is 17.2 Å². The molecule has 0 radical (unpaired) electrons. The zero-order chi connectivity index (χ0) is 15.5. The van der Waals surface area contributed by atoms with Crippen molar-refractivity contribution in [3.63, 3.8) is 0 Å². The van der Waals surface area contributed by atoms with Gasteiger partial charge in [0.25, 0.3) is 0 Å². The molecular formula is C11H11BrF3N3O2. The topological polar surface area (TPSA) is 87.7 Å². The zero-order valence-electron chi connectivity index (χ0n) is 10.2. The molecule has 1 unspecified atom stereocenters. The van der Waals surface area contributed by atoms with Gasteiger partial charge in [0, 0.05) is 4.47 Å². The molecule has 1 atom stereocenters. The first-order valence-corrected chi connectivity index (χ1v) is 6.11. The minimum atomic E-state index is -4.52. The number of carbonyl (C=O) groups excluding carboxylic acids is 1. The highest BCUT2D eigenvalue weighted by atomic mass is 79.9. The summed E-state index contributed by atoms with van der Waals surface area (Å²) in [6, 6.07) is 2.85. The lowest BCUT2D eigenvalue weighted by Gasteiger charge is -2.14. The summed E-state index contributed by atoms with van der Waals surface area (Å²) in [5.74, 6) is -2.02. The molecule has 0 aliphatic carbocycles. The number of carbonyl (C=O) groups is 1. The second-order valence-electron chi connectivity index (χ2n) is 3.93. The van der Waals surface area contributed by atoms with Crippen molar-refractivity contribution in [3.8, 4) is 0 Å². The Kier molecular flexibility index (Phi) is 4.98. The molecule has 0 bridgehead atoms. The Balaban J connectivity index is 3.01. The minimum Gasteiger partial charge on any atom is -0.409 e. The number of amides is 1. The van der Waals surface area contributed by atoms with Crippen LogP contribution in [0.3, 0.4) is 0 Å². The maximum Gasteiger partial charge on any atom is 0.416 e. The molecule has 0 aliphatic heterocycles. The van der Waals surface area contributed by atoms with E-state index in [0.717, 1.165) is 12.1 Å². The Morgan fingerprint density at radius 1 is 1.50 bits per heavy atom. The van der Waals surface area contributed by atoms with Crippen LogP contribution in [0.2, 0.25) is 0 Å². The number of amidine groups is 1. The summed E-state index contributed by atoms with van der Waals surface area (Å²) in [4.78, 5) is 11.7. The van der Waals surface area contributed by atoms with Gasteiger partial charge in [-0.05, 0) is 41.1 Å². The molecule has 1 rings (SSSR count). The molecule has 0 aromatic heterocycles. The molecule has 1 amide bonds. The molecule has 1 aromatic rings. The lowest BCUT2D eigenvalue weighted by molar-refractivity contribution is -0.137. The fraction of sp³-hybridized carbons (Fsp3) is 0.273. The highest BCUT2D eigenvalue weighted by Crippen LogP contribution is 2.34. The van der Waals surface area contributed by atoms with Gasteiger partial charge < -0.3 is 16.3 Å². The number of halogens is 4. The molecule has 4 N–H and O–H groups in total. The van der Waals surface area contributed by atoms with E-state index in [-0.39, 0.29) is 16.0 Å². The monoisotopic (exact) mass is 353 g/mol. The molecule has 0 aliphatic rings. The van der Waals surface area contributed by atoms with Crippen LogP contribution < -0.4 is 11.1 Å². The Bertz CT molecular complexity index is 546. The maximum absolute atomic E-state index is 12.6. The highest BCUT2D eigenvalue weighted by molar-refractivity contribution is 9.10. The van der Waals surface area contributed by atoms with Gasteiger partial charge in [0.1, 0.15) is 0 Å². The average molecular weight is 354 g/mol. The SMILES string of the molecule is CC(C(=O)Nc1cc(C(F)(F)F)ccc1Br)/C(N)=N/O. The van der Waals surface area contributed by atoms with Crippen molar-refractivity contribution >= 4 is 33.4 Å². The number of oxime groups is 1. The Morgan fingerprint density at radius 3 is 2.60 bits per heavy atom. The molecule has 0 spiro atoms. The summed E-state index contributed by atoms with van der Waals surface area (Å²) >= 11 is 3.04. The Hall–Kier alpha value is -1.77. The van der Waals surface area contributed by atoms with Gasteiger partial charge in [-0.15, -0.1) is 0 Å². The van der Waals surface area contributed by atoms with Crippen molar-refractivity contribution in [1.82, 2.24) is 0 Å². The van der Waals surface area contributed by atoms with Crippen molar-refractivity contribution in [3.05, 3.63) is 28.2 Å². The van der Waals surface area contributed by atoms with E-state index in [1.54, 1.807) is 0 Å². The van der Waals surface area contributed by atoms with Gasteiger partial charge in [-0.1, -0.05) is 5.16 Å². The fourth-order valence-electron chi connectivity index (χ4n) is 1.26. The molecule has 0 saturated heterocycles. The summed E-state index contributed by atoms with van der Waals surface area (Å²) < 4.78 is 38.0. The number of hydrogen-bond donors (Lipinski definition) is 3. The maximum atomic E-state index is 12.6. The summed E-state index contributed by atoms with van der Waals surface area (Å²) in [5.41, 5.74) is 4.31. The second kappa shape index (κ2) is 6.12. The van der Waals surface area contributed by atoms with Gasteiger partial charge in [0.15, 0.2) is 5.84 Å². The van der Waals surface area contributed by atoms with Crippen LogP contribution in [0.4, 0.5) is 18.9 Å². The van der Waals surface area contributed by atoms with E-state index in [1.807, 2.05) is 0 Å². The molecule has 0 heterocycles. The Morgan fingerprint density at radius 2 is 2.10 bits per heavy atom. The van der Waals surface area contributed by atoms with Crippen molar-refractivity contribution in [2.45, 2.75) is 13.1 Å².